The minimum Gasteiger partial charge on any atom is -0.369 e. The highest BCUT2D eigenvalue weighted by Gasteiger charge is 2.57. The number of primary amides is 1. The van der Waals surface area contributed by atoms with Gasteiger partial charge in [-0.25, -0.2) is 19.9 Å². The highest BCUT2D eigenvalue weighted by atomic mass is 16.2. The maximum atomic E-state index is 13.1. The number of carbonyl (C=O) groups is 2. The second-order valence-corrected chi connectivity index (χ2v) is 8.91. The molecule has 32 heavy (non-hydrogen) atoms. The second-order valence-electron chi connectivity index (χ2n) is 8.91. The molecule has 5 rings (SSSR count). The van der Waals surface area contributed by atoms with Gasteiger partial charge in [-0.05, 0) is 37.7 Å². The third kappa shape index (κ3) is 2.95. The minimum atomic E-state index is -0.841. The summed E-state index contributed by atoms with van der Waals surface area (Å²) in [6.07, 6.45) is 6.89. The number of fused-ring (bicyclic) bond motifs is 3. The van der Waals surface area contributed by atoms with Gasteiger partial charge in [-0.1, -0.05) is 37.3 Å². The van der Waals surface area contributed by atoms with E-state index in [1.54, 1.807) is 12.4 Å². The number of aryl methyl sites for hydroxylation is 1. The third-order valence-corrected chi connectivity index (χ3v) is 7.27. The van der Waals surface area contributed by atoms with Crippen molar-refractivity contribution in [1.29, 1.82) is 0 Å². The molecule has 1 unspecified atom stereocenters. The molecule has 1 fully saturated rings. The molecule has 0 radical (unpaired) electrons. The summed E-state index contributed by atoms with van der Waals surface area (Å²) in [5.74, 6) is -1.10. The molecule has 2 aliphatic rings. The fourth-order valence-electron chi connectivity index (χ4n) is 5.89. The van der Waals surface area contributed by atoms with Crippen LogP contribution in [0.5, 0.6) is 0 Å². The van der Waals surface area contributed by atoms with Crippen molar-refractivity contribution in [3.63, 3.8) is 0 Å². The smallest absolute Gasteiger partial charge is 0.228 e. The van der Waals surface area contributed by atoms with E-state index in [1.165, 1.54) is 6.33 Å². The van der Waals surface area contributed by atoms with Crippen LogP contribution < -0.4 is 5.73 Å². The van der Waals surface area contributed by atoms with Gasteiger partial charge in [0.1, 0.15) is 17.9 Å². The van der Waals surface area contributed by atoms with Gasteiger partial charge < -0.3 is 5.73 Å². The summed E-state index contributed by atoms with van der Waals surface area (Å²) in [5.41, 5.74) is 9.80. The average molecular weight is 428 g/mol. The van der Waals surface area contributed by atoms with Crippen LogP contribution in [-0.4, -0.2) is 31.6 Å². The van der Waals surface area contributed by atoms with Crippen LogP contribution in [0.4, 0.5) is 0 Å². The van der Waals surface area contributed by atoms with Crippen LogP contribution in [-0.2, 0) is 21.4 Å². The lowest BCUT2D eigenvalue weighted by Crippen LogP contribution is -2.55. The molecule has 0 saturated heterocycles. The van der Waals surface area contributed by atoms with Crippen molar-refractivity contribution in [2.75, 3.05) is 0 Å². The molecular weight excluding hydrogens is 402 g/mol. The van der Waals surface area contributed by atoms with Crippen LogP contribution in [0.25, 0.3) is 11.3 Å². The van der Waals surface area contributed by atoms with Gasteiger partial charge in [-0.3, -0.25) is 9.59 Å². The molecule has 1 amide bonds. The predicted octanol–water partition coefficient (Wildman–Crippen LogP) is 2.80. The molecule has 3 aromatic rings. The summed E-state index contributed by atoms with van der Waals surface area (Å²) >= 11 is 0. The molecule has 2 aliphatic carbocycles. The molecule has 4 atom stereocenters. The molecular formula is C25H25N5O2. The summed E-state index contributed by atoms with van der Waals surface area (Å²) in [7, 11) is 0. The monoisotopic (exact) mass is 427 g/mol. The Labute approximate surface area is 186 Å². The molecule has 162 valence electrons. The number of carbonyl (C=O) groups excluding carboxylic acids is 2. The number of hydrogen-bond acceptors (Lipinski definition) is 6. The Balaban J connectivity index is 1.82. The van der Waals surface area contributed by atoms with Crippen molar-refractivity contribution in [3.05, 3.63) is 71.7 Å². The van der Waals surface area contributed by atoms with Gasteiger partial charge in [0.05, 0.1) is 17.3 Å². The number of benzene rings is 1. The number of amides is 1. The summed E-state index contributed by atoms with van der Waals surface area (Å²) in [6.45, 7) is 3.81. The zero-order chi connectivity index (χ0) is 22.5. The topological polar surface area (TPSA) is 112 Å². The lowest BCUT2D eigenvalue weighted by Gasteiger charge is -2.52. The SMILES string of the molecule is Cc1nc(-c2cncnc2)c2c(n1)[C@]1(c3ccccc3)CC(C(N)=O)C(=O)[C@@H](C)[C@@H]1CC2. The van der Waals surface area contributed by atoms with Crippen LogP contribution in [0, 0.1) is 24.7 Å². The van der Waals surface area contributed by atoms with E-state index in [2.05, 4.69) is 22.1 Å². The van der Waals surface area contributed by atoms with E-state index in [9.17, 15) is 9.59 Å². The van der Waals surface area contributed by atoms with Crippen molar-refractivity contribution in [2.24, 2.45) is 23.5 Å². The Morgan fingerprint density at radius 1 is 1.12 bits per heavy atom. The van der Waals surface area contributed by atoms with Gasteiger partial charge in [-0.2, -0.15) is 0 Å². The molecule has 2 heterocycles. The fraction of sp³-hybridized carbons (Fsp3) is 0.360. The molecule has 2 aromatic heterocycles. The Bertz CT molecular complexity index is 1200. The largest absolute Gasteiger partial charge is 0.369 e. The summed E-state index contributed by atoms with van der Waals surface area (Å²) < 4.78 is 0. The van der Waals surface area contributed by atoms with Gasteiger partial charge >= 0.3 is 0 Å². The first-order valence-electron chi connectivity index (χ1n) is 11.0. The summed E-state index contributed by atoms with van der Waals surface area (Å²) in [6, 6.07) is 10.1. The number of rotatable bonds is 3. The first kappa shape index (κ1) is 20.4. The lowest BCUT2D eigenvalue weighted by molar-refractivity contribution is -0.141. The Morgan fingerprint density at radius 3 is 2.53 bits per heavy atom. The van der Waals surface area contributed by atoms with Crippen molar-refractivity contribution in [3.8, 4) is 11.3 Å². The first-order chi connectivity index (χ1) is 15.4. The second kappa shape index (κ2) is 7.58. The number of Topliss-reactive ketones (excluding diaryl/α,β-unsaturated/α-hetero) is 1. The third-order valence-electron chi connectivity index (χ3n) is 7.27. The Hall–Kier alpha value is -3.48. The van der Waals surface area contributed by atoms with E-state index in [0.717, 1.165) is 40.9 Å². The lowest BCUT2D eigenvalue weighted by atomic mass is 9.50. The van der Waals surface area contributed by atoms with Gasteiger partial charge in [0.15, 0.2) is 0 Å². The Kier molecular flexibility index (Phi) is 4.84. The van der Waals surface area contributed by atoms with E-state index >= 15 is 0 Å². The molecule has 2 N–H and O–H groups in total. The van der Waals surface area contributed by atoms with Crippen molar-refractivity contribution < 1.29 is 9.59 Å². The summed E-state index contributed by atoms with van der Waals surface area (Å²) in [5, 5.41) is 0. The maximum absolute atomic E-state index is 13.1. The van der Waals surface area contributed by atoms with Crippen LogP contribution >= 0.6 is 0 Å². The fourth-order valence-corrected chi connectivity index (χ4v) is 5.89. The van der Waals surface area contributed by atoms with Crippen molar-refractivity contribution >= 4 is 11.7 Å². The molecule has 0 spiro atoms. The number of nitrogens with zero attached hydrogens (tertiary/aromatic N) is 4. The highest BCUT2D eigenvalue weighted by molar-refractivity contribution is 6.03. The molecule has 0 aliphatic heterocycles. The number of ketones is 1. The van der Waals surface area contributed by atoms with Crippen molar-refractivity contribution in [1.82, 2.24) is 19.9 Å². The van der Waals surface area contributed by atoms with E-state index in [-0.39, 0.29) is 17.6 Å². The Morgan fingerprint density at radius 2 is 1.84 bits per heavy atom. The van der Waals surface area contributed by atoms with Crippen LogP contribution in [0.3, 0.4) is 0 Å². The number of aromatic nitrogens is 4. The highest BCUT2D eigenvalue weighted by Crippen LogP contribution is 2.56. The van der Waals surface area contributed by atoms with Gasteiger partial charge in [-0.15, -0.1) is 0 Å². The molecule has 7 nitrogen and oxygen atoms in total. The van der Waals surface area contributed by atoms with Crippen LogP contribution in [0.15, 0.2) is 49.1 Å². The van der Waals surface area contributed by atoms with Gasteiger partial charge in [0.25, 0.3) is 0 Å². The molecule has 1 aromatic carbocycles. The van der Waals surface area contributed by atoms with Crippen LogP contribution in [0.2, 0.25) is 0 Å². The maximum Gasteiger partial charge on any atom is 0.228 e. The van der Waals surface area contributed by atoms with E-state index in [1.807, 2.05) is 32.0 Å². The number of hydrogen-bond donors (Lipinski definition) is 1. The minimum absolute atomic E-state index is 0.0228. The molecule has 0 bridgehead atoms. The van der Waals surface area contributed by atoms with Gasteiger partial charge in [0.2, 0.25) is 5.91 Å². The summed E-state index contributed by atoms with van der Waals surface area (Å²) in [4.78, 5) is 43.6. The van der Waals surface area contributed by atoms with E-state index < -0.39 is 17.2 Å². The van der Waals surface area contributed by atoms with Crippen LogP contribution in [0.1, 0.15) is 42.4 Å². The zero-order valence-corrected chi connectivity index (χ0v) is 18.2. The van der Waals surface area contributed by atoms with Gasteiger partial charge in [0, 0.05) is 34.9 Å². The predicted molar refractivity (Wildman–Crippen MR) is 118 cm³/mol. The quantitative estimate of drug-likeness (QED) is 0.643. The van der Waals surface area contributed by atoms with Crippen molar-refractivity contribution in [2.45, 2.75) is 38.5 Å². The van der Waals surface area contributed by atoms with E-state index in [4.69, 9.17) is 15.7 Å². The standard InChI is InChI=1S/C25H25N5O2/c1-14-20-9-8-18-21(16-11-27-13-28-12-16)29-15(2)30-23(18)25(20,17-6-4-3-5-7-17)10-19(22(14)31)24(26)32/h3-7,11-14,19-20H,8-10H2,1-2H3,(H2,26,32)/t14-,19?,20-,25-/m0/s1. The molecule has 7 heteroatoms. The average Bonchev–Trinajstić information content (AvgIpc) is 2.81. The molecule has 1 saturated carbocycles. The zero-order valence-electron chi connectivity index (χ0n) is 18.2. The number of nitrogens with two attached hydrogens (primary N) is 1. The normalized spacial score (nSPS) is 26.8. The van der Waals surface area contributed by atoms with E-state index in [0.29, 0.717) is 12.2 Å². The first-order valence-corrected chi connectivity index (χ1v) is 11.0.